The second kappa shape index (κ2) is 8.37. The van der Waals surface area contributed by atoms with Gasteiger partial charge in [0.2, 0.25) is 0 Å². The van der Waals surface area contributed by atoms with E-state index < -0.39 is 0 Å². The number of benzene rings is 1. The third-order valence-corrected chi connectivity index (χ3v) is 4.36. The third kappa shape index (κ3) is 4.99. The lowest BCUT2D eigenvalue weighted by atomic mass is 10.0. The van der Waals surface area contributed by atoms with Gasteiger partial charge >= 0.3 is 0 Å². The Morgan fingerprint density at radius 3 is 2.68 bits per heavy atom. The van der Waals surface area contributed by atoms with E-state index in [9.17, 15) is 0 Å². The molecule has 19 heavy (non-hydrogen) atoms. The Kier molecular flexibility index (Phi) is 6.43. The second-order valence-electron chi connectivity index (χ2n) is 5.94. The Bertz CT molecular complexity index is 333. The van der Waals surface area contributed by atoms with Gasteiger partial charge in [0.05, 0.1) is 0 Å². The first-order chi connectivity index (χ1) is 9.40. The molecule has 1 atom stereocenters. The minimum atomic E-state index is 0.779. The van der Waals surface area contributed by atoms with Gasteiger partial charge in [-0.2, -0.15) is 0 Å². The number of rotatable bonds is 6. The van der Waals surface area contributed by atoms with Gasteiger partial charge in [-0.3, -0.25) is 0 Å². The molecule has 1 aromatic carbocycles. The van der Waals surface area contributed by atoms with Gasteiger partial charge in [0.25, 0.3) is 0 Å². The summed E-state index contributed by atoms with van der Waals surface area (Å²) in [5, 5.41) is 0. The quantitative estimate of drug-likeness (QED) is 0.671. The van der Waals surface area contributed by atoms with Gasteiger partial charge < -0.3 is 4.90 Å². The average Bonchev–Trinajstić information content (AvgIpc) is 2.66. The van der Waals surface area contributed by atoms with Crippen LogP contribution in [0.5, 0.6) is 0 Å². The molecule has 1 saturated heterocycles. The lowest BCUT2D eigenvalue weighted by Crippen LogP contribution is -2.37. The molecular weight excluding hydrogens is 230 g/mol. The molecule has 0 aromatic heterocycles. The van der Waals surface area contributed by atoms with Crippen LogP contribution in [-0.2, 0) is 6.42 Å². The van der Waals surface area contributed by atoms with E-state index in [1.165, 1.54) is 70.0 Å². The molecule has 1 heteroatoms. The summed E-state index contributed by atoms with van der Waals surface area (Å²) >= 11 is 0. The van der Waals surface area contributed by atoms with Crippen LogP contribution in [-0.4, -0.2) is 24.0 Å². The number of nitrogens with zero attached hydrogens (tertiary/aromatic N) is 1. The van der Waals surface area contributed by atoms with Crippen molar-refractivity contribution in [3.05, 3.63) is 35.9 Å². The molecule has 0 radical (unpaired) electrons. The Hall–Kier alpha value is -0.820. The fraction of sp³-hybridized carbons (Fsp3) is 0.667. The lowest BCUT2D eigenvalue weighted by Gasteiger charge is -2.30. The molecule has 0 spiro atoms. The van der Waals surface area contributed by atoms with E-state index in [-0.39, 0.29) is 0 Å². The zero-order valence-electron chi connectivity index (χ0n) is 12.5. The van der Waals surface area contributed by atoms with Crippen molar-refractivity contribution < 1.29 is 0 Å². The Morgan fingerprint density at radius 2 is 1.89 bits per heavy atom. The number of unbranched alkanes of at least 4 members (excludes halogenated alkanes) is 2. The topological polar surface area (TPSA) is 3.24 Å². The normalized spacial score (nSPS) is 21.2. The van der Waals surface area contributed by atoms with Crippen molar-refractivity contribution in [2.24, 2.45) is 0 Å². The summed E-state index contributed by atoms with van der Waals surface area (Å²) < 4.78 is 0. The fourth-order valence-corrected chi connectivity index (χ4v) is 3.21. The summed E-state index contributed by atoms with van der Waals surface area (Å²) in [7, 11) is 0. The van der Waals surface area contributed by atoms with Crippen molar-refractivity contribution in [2.45, 2.75) is 64.3 Å². The van der Waals surface area contributed by atoms with Gasteiger partial charge in [-0.1, -0.05) is 62.9 Å². The van der Waals surface area contributed by atoms with Crippen LogP contribution in [0.25, 0.3) is 0 Å². The first-order valence-electron chi connectivity index (χ1n) is 8.18. The molecule has 1 nitrogen and oxygen atoms in total. The molecule has 1 aliphatic heterocycles. The van der Waals surface area contributed by atoms with E-state index in [2.05, 4.69) is 42.2 Å². The van der Waals surface area contributed by atoms with Crippen molar-refractivity contribution in [3.8, 4) is 0 Å². The van der Waals surface area contributed by atoms with E-state index >= 15 is 0 Å². The maximum Gasteiger partial charge on any atom is 0.0136 e. The lowest BCUT2D eigenvalue weighted by molar-refractivity contribution is 0.194. The Balaban J connectivity index is 1.92. The summed E-state index contributed by atoms with van der Waals surface area (Å²) in [5.41, 5.74) is 1.51. The second-order valence-corrected chi connectivity index (χ2v) is 5.94. The molecule has 0 bridgehead atoms. The number of hydrogen-bond acceptors (Lipinski definition) is 1. The van der Waals surface area contributed by atoms with Gasteiger partial charge in [0, 0.05) is 6.04 Å². The van der Waals surface area contributed by atoms with Crippen LogP contribution in [0.15, 0.2) is 30.3 Å². The van der Waals surface area contributed by atoms with Gasteiger partial charge in [-0.25, -0.2) is 0 Å². The minimum Gasteiger partial charge on any atom is -0.300 e. The summed E-state index contributed by atoms with van der Waals surface area (Å²) in [5.74, 6) is 0. The van der Waals surface area contributed by atoms with Crippen molar-refractivity contribution in [3.63, 3.8) is 0 Å². The monoisotopic (exact) mass is 259 g/mol. The predicted molar refractivity (Wildman–Crippen MR) is 83.5 cm³/mol. The van der Waals surface area contributed by atoms with Crippen LogP contribution in [0.3, 0.4) is 0 Å². The maximum absolute atomic E-state index is 2.77. The molecule has 0 amide bonds. The molecule has 0 aliphatic carbocycles. The van der Waals surface area contributed by atoms with Gasteiger partial charge in [0.1, 0.15) is 0 Å². The van der Waals surface area contributed by atoms with E-state index in [0.717, 1.165) is 6.04 Å². The molecule has 0 saturated carbocycles. The smallest absolute Gasteiger partial charge is 0.0136 e. The van der Waals surface area contributed by atoms with Crippen molar-refractivity contribution in [1.29, 1.82) is 0 Å². The molecule has 1 aromatic rings. The third-order valence-electron chi connectivity index (χ3n) is 4.36. The zero-order valence-corrected chi connectivity index (χ0v) is 12.5. The fourth-order valence-electron chi connectivity index (χ4n) is 3.21. The number of hydrogen-bond donors (Lipinski definition) is 0. The molecule has 2 rings (SSSR count). The Morgan fingerprint density at radius 1 is 1.05 bits per heavy atom. The molecule has 1 fully saturated rings. The van der Waals surface area contributed by atoms with Crippen molar-refractivity contribution >= 4 is 0 Å². The van der Waals surface area contributed by atoms with E-state index in [4.69, 9.17) is 0 Å². The average molecular weight is 259 g/mol. The van der Waals surface area contributed by atoms with E-state index in [1.54, 1.807) is 0 Å². The standard InChI is InChI=1S/C18H29N/c1-2-3-9-14-19-15-10-5-8-13-18(19)16-17-11-6-4-7-12-17/h4,6-7,11-12,18H,2-3,5,8-10,13-16H2,1H3. The van der Waals surface area contributed by atoms with Crippen LogP contribution in [0.1, 0.15) is 57.4 Å². The first kappa shape index (κ1) is 14.6. The molecule has 1 heterocycles. The van der Waals surface area contributed by atoms with Crippen LogP contribution < -0.4 is 0 Å². The summed E-state index contributed by atoms with van der Waals surface area (Å²) in [6, 6.07) is 11.8. The van der Waals surface area contributed by atoms with Gasteiger partial charge in [0.15, 0.2) is 0 Å². The van der Waals surface area contributed by atoms with Crippen LogP contribution in [0, 0.1) is 0 Å². The summed E-state index contributed by atoms with van der Waals surface area (Å²) in [6.45, 7) is 4.93. The van der Waals surface area contributed by atoms with E-state index in [1.807, 2.05) is 0 Å². The molecule has 1 aliphatic rings. The largest absolute Gasteiger partial charge is 0.300 e. The maximum atomic E-state index is 2.77. The minimum absolute atomic E-state index is 0.779. The highest BCUT2D eigenvalue weighted by Crippen LogP contribution is 2.21. The van der Waals surface area contributed by atoms with Crippen LogP contribution in [0.2, 0.25) is 0 Å². The van der Waals surface area contributed by atoms with Crippen LogP contribution in [0.4, 0.5) is 0 Å². The summed E-state index contributed by atoms with van der Waals surface area (Å²) in [6.07, 6.45) is 11.0. The van der Waals surface area contributed by atoms with Crippen molar-refractivity contribution in [2.75, 3.05) is 13.1 Å². The highest BCUT2D eigenvalue weighted by molar-refractivity contribution is 5.16. The van der Waals surface area contributed by atoms with Crippen molar-refractivity contribution in [1.82, 2.24) is 4.90 Å². The SMILES string of the molecule is CCCCCN1CCCCCC1Cc1ccccc1. The van der Waals surface area contributed by atoms with E-state index in [0.29, 0.717) is 0 Å². The first-order valence-corrected chi connectivity index (χ1v) is 8.18. The Labute approximate surface area is 119 Å². The molecule has 0 N–H and O–H groups in total. The highest BCUT2D eigenvalue weighted by atomic mass is 15.1. The highest BCUT2D eigenvalue weighted by Gasteiger charge is 2.20. The molecule has 1 unspecified atom stereocenters. The predicted octanol–water partition coefficient (Wildman–Crippen LogP) is 4.66. The number of likely N-dealkylation sites (tertiary alicyclic amines) is 1. The van der Waals surface area contributed by atoms with Gasteiger partial charge in [-0.15, -0.1) is 0 Å². The summed E-state index contributed by atoms with van der Waals surface area (Å²) in [4.78, 5) is 2.77. The zero-order chi connectivity index (χ0) is 13.3. The van der Waals surface area contributed by atoms with Gasteiger partial charge in [-0.05, 0) is 44.3 Å². The molecule has 106 valence electrons. The molecular formula is C18H29N. The van der Waals surface area contributed by atoms with Crippen LogP contribution >= 0.6 is 0 Å².